The Morgan fingerprint density at radius 1 is 0.836 bits per heavy atom. The highest BCUT2D eigenvalue weighted by atomic mass is 16.5. The van der Waals surface area contributed by atoms with Crippen LogP contribution in [0.15, 0.2) is 130 Å². The number of hydrogen-bond acceptors (Lipinski definition) is 10. The van der Waals surface area contributed by atoms with Crippen LogP contribution in [-0.2, 0) is 23.9 Å². The van der Waals surface area contributed by atoms with E-state index in [9.17, 15) is 19.5 Å². The first-order valence-corrected chi connectivity index (χ1v) is 25.0. The molecule has 5 atom stereocenters. The van der Waals surface area contributed by atoms with Crippen molar-refractivity contribution in [3.8, 4) is 0 Å². The summed E-state index contributed by atoms with van der Waals surface area (Å²) in [5.41, 5.74) is 12.5. The largest absolute Gasteiger partial charge is 0.510 e. The van der Waals surface area contributed by atoms with Crippen molar-refractivity contribution in [1.29, 1.82) is 0 Å². The van der Waals surface area contributed by atoms with Crippen LogP contribution in [0, 0.1) is 35.5 Å². The summed E-state index contributed by atoms with van der Waals surface area (Å²) >= 11 is 0. The Kier molecular flexibility index (Phi) is 17.2. The van der Waals surface area contributed by atoms with Gasteiger partial charge in [-0.2, -0.15) is 0 Å². The summed E-state index contributed by atoms with van der Waals surface area (Å²) in [6.45, 7) is 23.4. The predicted octanol–water partition coefficient (Wildman–Crippen LogP) is 12.9. The predicted molar refractivity (Wildman–Crippen MR) is 271 cm³/mol. The van der Waals surface area contributed by atoms with Gasteiger partial charge in [-0.3, -0.25) is 14.4 Å². The molecule has 360 valence electrons. The zero-order chi connectivity index (χ0) is 48.7. The van der Waals surface area contributed by atoms with Crippen molar-refractivity contribution < 1.29 is 29.0 Å². The molecule has 5 heterocycles. The standard InChI is InChI=1S/C57H76N4O6/c1-13-41-37(8)45-30-49-42(24-23-36(7)62)38(9)44(59-49)29-46-39(10)43(54(60-46)52-53(57(65)66-12)56(64)51-40(11)47(61-55(51)52)31-48(41)58-45)25-26-50(63)67-28-27-35(6)22-16-21-34(5)20-15-19-33(4)18-14-17-32(2)3/h23-24,27,29-34,39,43,53,60,64H,13-22,25-26,28H2,1-12H3/b24-23-,35-27+,46-29?,48-31?,49-30?,54-52?/t33-,34-,39+,43+,53-/m1/s1. The summed E-state index contributed by atoms with van der Waals surface area (Å²) in [4.78, 5) is 54.7. The minimum atomic E-state index is -1.11. The molecule has 1 fully saturated rings. The molecule has 1 aliphatic carbocycles. The number of aliphatic imine (C=N–C) groups is 3. The van der Waals surface area contributed by atoms with Gasteiger partial charge in [-0.05, 0) is 137 Å². The van der Waals surface area contributed by atoms with Crippen LogP contribution in [0.3, 0.4) is 0 Å². The molecule has 0 aromatic carbocycles. The Balaban J connectivity index is 1.23. The number of aliphatic hydroxyl groups is 1. The molecule has 5 aliphatic heterocycles. The van der Waals surface area contributed by atoms with E-state index in [1.165, 1.54) is 64.6 Å². The highest BCUT2D eigenvalue weighted by molar-refractivity contribution is 6.24. The van der Waals surface area contributed by atoms with Gasteiger partial charge in [0.2, 0.25) is 0 Å². The second-order valence-corrected chi connectivity index (χ2v) is 20.3. The molecule has 8 bridgehead atoms. The van der Waals surface area contributed by atoms with E-state index in [-0.39, 0.29) is 42.4 Å². The Labute approximate surface area is 400 Å². The van der Waals surface area contributed by atoms with E-state index in [4.69, 9.17) is 24.5 Å². The summed E-state index contributed by atoms with van der Waals surface area (Å²) in [7, 11) is 1.32. The van der Waals surface area contributed by atoms with E-state index in [0.29, 0.717) is 46.3 Å². The number of hydrogen-bond donors (Lipinski definition) is 2. The number of allylic oxidation sites excluding steroid dienone is 13. The SMILES string of the molecule is CCC1=C(C)C2=NC1=CC1=C(C)C3=C(O)[C@H](C(=O)OC)C(=C4NC(=CC5=NC(=C2)C(/C=C\C(C)=O)=C5C)[C@@H](C)[C@@H]4CCC(=O)OC/C=C(\C)CCC[C@H](C)CCC[C@H](C)CCCC(C)C)C3=N1. The van der Waals surface area contributed by atoms with E-state index in [1.807, 2.05) is 44.2 Å². The van der Waals surface area contributed by atoms with E-state index in [2.05, 4.69) is 60.7 Å². The number of rotatable bonds is 21. The van der Waals surface area contributed by atoms with Crippen molar-refractivity contribution in [2.24, 2.45) is 50.5 Å². The van der Waals surface area contributed by atoms with Crippen molar-refractivity contribution in [2.75, 3.05) is 13.7 Å². The van der Waals surface area contributed by atoms with Gasteiger partial charge in [-0.15, -0.1) is 0 Å². The summed E-state index contributed by atoms with van der Waals surface area (Å²) in [6, 6.07) is 0. The monoisotopic (exact) mass is 913 g/mol. The minimum absolute atomic E-state index is 0.0702. The van der Waals surface area contributed by atoms with Crippen LogP contribution in [0.5, 0.6) is 0 Å². The lowest BCUT2D eigenvalue weighted by Crippen LogP contribution is -2.25. The summed E-state index contributed by atoms with van der Waals surface area (Å²) < 4.78 is 11.1. The van der Waals surface area contributed by atoms with Crippen molar-refractivity contribution in [2.45, 2.75) is 153 Å². The highest BCUT2D eigenvalue weighted by Crippen LogP contribution is 2.49. The van der Waals surface area contributed by atoms with E-state index >= 15 is 0 Å². The van der Waals surface area contributed by atoms with Gasteiger partial charge in [0.25, 0.3) is 0 Å². The quantitative estimate of drug-likeness (QED) is 0.0664. The number of methoxy groups -OCH3 is 1. The topological polar surface area (TPSA) is 139 Å². The van der Waals surface area contributed by atoms with Crippen molar-refractivity contribution in [3.63, 3.8) is 0 Å². The zero-order valence-corrected chi connectivity index (χ0v) is 42.5. The molecule has 0 unspecified atom stereocenters. The van der Waals surface area contributed by atoms with Gasteiger partial charge in [0.15, 0.2) is 5.78 Å². The maximum Gasteiger partial charge on any atom is 0.321 e. The second kappa shape index (κ2) is 22.6. The fourth-order valence-electron chi connectivity index (χ4n) is 10.4. The van der Waals surface area contributed by atoms with E-state index < -0.39 is 11.9 Å². The van der Waals surface area contributed by atoms with Gasteiger partial charge < -0.3 is 19.9 Å². The van der Waals surface area contributed by atoms with Crippen LogP contribution in [0.1, 0.15) is 153 Å². The fourth-order valence-corrected chi connectivity index (χ4v) is 10.4. The Morgan fingerprint density at radius 2 is 1.49 bits per heavy atom. The van der Waals surface area contributed by atoms with Crippen molar-refractivity contribution in [3.05, 3.63) is 115 Å². The second-order valence-electron chi connectivity index (χ2n) is 20.3. The zero-order valence-electron chi connectivity index (χ0n) is 42.5. The van der Waals surface area contributed by atoms with Crippen LogP contribution in [0.2, 0.25) is 0 Å². The number of ether oxygens (including phenoxy) is 2. The maximum atomic E-state index is 13.7. The van der Waals surface area contributed by atoms with Crippen LogP contribution in [0.4, 0.5) is 0 Å². The number of ketones is 1. The number of esters is 2. The fraction of sp³-hybridized carbons (Fsp3) is 0.544. The Hall–Kier alpha value is -5.38. The molecule has 0 saturated carbocycles. The van der Waals surface area contributed by atoms with Crippen LogP contribution in [-0.4, -0.2) is 53.7 Å². The smallest absolute Gasteiger partial charge is 0.321 e. The van der Waals surface area contributed by atoms with E-state index in [1.54, 1.807) is 6.08 Å². The van der Waals surface area contributed by atoms with Gasteiger partial charge >= 0.3 is 11.9 Å². The molecule has 0 aromatic rings. The first-order valence-electron chi connectivity index (χ1n) is 25.0. The summed E-state index contributed by atoms with van der Waals surface area (Å²) in [5.74, 6) is -0.307. The van der Waals surface area contributed by atoms with Gasteiger partial charge in [-0.1, -0.05) is 92.1 Å². The van der Waals surface area contributed by atoms with Gasteiger partial charge in [0.05, 0.1) is 41.3 Å². The molecule has 0 amide bonds. The van der Waals surface area contributed by atoms with Gasteiger partial charge in [0, 0.05) is 46.4 Å². The molecular formula is C57H76N4O6. The molecular weight excluding hydrogens is 837 g/mol. The lowest BCUT2D eigenvalue weighted by molar-refractivity contribution is -0.144. The van der Waals surface area contributed by atoms with E-state index in [0.717, 1.165) is 81.8 Å². The summed E-state index contributed by atoms with van der Waals surface area (Å²) in [6.07, 6.45) is 23.9. The third kappa shape index (κ3) is 11.8. The first-order chi connectivity index (χ1) is 31.9. The molecule has 10 nitrogen and oxygen atoms in total. The van der Waals surface area contributed by atoms with Crippen molar-refractivity contribution >= 4 is 34.9 Å². The van der Waals surface area contributed by atoms with Crippen LogP contribution < -0.4 is 5.32 Å². The molecule has 10 heteroatoms. The molecule has 6 aliphatic rings. The van der Waals surface area contributed by atoms with Crippen molar-refractivity contribution in [1.82, 2.24) is 5.32 Å². The average Bonchev–Trinajstić information content (AvgIpc) is 4.02. The van der Waals surface area contributed by atoms with Crippen LogP contribution >= 0.6 is 0 Å². The van der Waals surface area contributed by atoms with Gasteiger partial charge in [0.1, 0.15) is 18.3 Å². The number of aliphatic hydroxyl groups excluding tert-OH is 1. The molecule has 2 N–H and O–H groups in total. The Bertz CT molecular complexity index is 2430. The number of carbonyl (C=O) groups is 3. The summed E-state index contributed by atoms with van der Waals surface area (Å²) in [5, 5.41) is 15.6. The molecule has 67 heavy (non-hydrogen) atoms. The molecule has 0 spiro atoms. The van der Waals surface area contributed by atoms with Crippen LogP contribution in [0.25, 0.3) is 0 Å². The number of nitrogens with one attached hydrogen (secondary N) is 1. The Morgan fingerprint density at radius 3 is 2.15 bits per heavy atom. The molecule has 6 rings (SSSR count). The molecule has 1 saturated heterocycles. The number of nitrogens with zero attached hydrogens (tertiary/aromatic N) is 3. The maximum absolute atomic E-state index is 13.7. The molecule has 0 radical (unpaired) electrons. The van der Waals surface area contributed by atoms with Gasteiger partial charge in [-0.25, -0.2) is 15.0 Å². The third-order valence-electron chi connectivity index (χ3n) is 14.6. The normalized spacial score (nSPS) is 22.4. The third-order valence-corrected chi connectivity index (χ3v) is 14.6. The number of fused-ring (bicyclic) bond motifs is 5. The lowest BCUT2D eigenvalue weighted by Gasteiger charge is -2.20. The highest BCUT2D eigenvalue weighted by Gasteiger charge is 2.49. The minimum Gasteiger partial charge on any atom is -0.510 e. The lowest BCUT2D eigenvalue weighted by atomic mass is 9.84. The first kappa shape index (κ1) is 51.0. The number of carbonyl (C=O) groups excluding carboxylic acids is 3. The average molecular weight is 913 g/mol. The molecule has 0 aromatic heterocycles.